The van der Waals surface area contributed by atoms with Crippen molar-refractivity contribution in [1.82, 2.24) is 10.3 Å². The molecule has 1 aromatic rings. The van der Waals surface area contributed by atoms with Gasteiger partial charge in [0.25, 0.3) is 0 Å². The van der Waals surface area contributed by atoms with Crippen molar-refractivity contribution in [2.75, 3.05) is 19.8 Å². The first kappa shape index (κ1) is 11.1. The summed E-state index contributed by atoms with van der Waals surface area (Å²) in [6, 6.07) is 4.41. The third kappa shape index (κ3) is 3.85. The lowest BCUT2D eigenvalue weighted by atomic mass is 10.1. The summed E-state index contributed by atoms with van der Waals surface area (Å²) < 4.78 is 5.24. The van der Waals surface area contributed by atoms with Crippen LogP contribution in [0.3, 0.4) is 0 Å². The number of hydrogen-bond donors (Lipinski definition) is 1. The Morgan fingerprint density at radius 2 is 2.14 bits per heavy atom. The van der Waals surface area contributed by atoms with E-state index in [4.69, 9.17) is 4.74 Å². The van der Waals surface area contributed by atoms with E-state index in [1.165, 1.54) is 5.56 Å². The Balaban J connectivity index is 2.25. The third-order valence-corrected chi connectivity index (χ3v) is 2.11. The van der Waals surface area contributed by atoms with Crippen LogP contribution in [0.5, 0.6) is 0 Å². The average molecular weight is 194 g/mol. The summed E-state index contributed by atoms with van der Waals surface area (Å²) in [4.78, 5) is 3.99. The van der Waals surface area contributed by atoms with Gasteiger partial charge in [0.05, 0.1) is 6.61 Å². The maximum Gasteiger partial charge on any atom is 0.0590 e. The van der Waals surface area contributed by atoms with Crippen molar-refractivity contribution in [3.8, 4) is 0 Å². The summed E-state index contributed by atoms with van der Waals surface area (Å²) in [5.41, 5.74) is 1.26. The number of pyridine rings is 1. The molecule has 3 nitrogen and oxygen atoms in total. The number of nitrogens with zero attached hydrogens (tertiary/aromatic N) is 1. The standard InChI is InChI=1S/C11H18N2O/c1-3-14-9-8-13-10(2)11-4-6-12-7-5-11/h4-7,10,13H,3,8-9H2,1-2H3/t10-/m0/s1. The second-order valence-electron chi connectivity index (χ2n) is 3.15. The predicted octanol–water partition coefficient (Wildman–Crippen LogP) is 1.77. The first-order valence-electron chi connectivity index (χ1n) is 5.05. The van der Waals surface area contributed by atoms with E-state index in [-0.39, 0.29) is 0 Å². The van der Waals surface area contributed by atoms with Crippen molar-refractivity contribution in [3.63, 3.8) is 0 Å². The average Bonchev–Trinajstić information content (AvgIpc) is 2.25. The van der Waals surface area contributed by atoms with E-state index in [1.54, 1.807) is 0 Å². The Morgan fingerprint density at radius 3 is 2.79 bits per heavy atom. The minimum absolute atomic E-state index is 0.360. The maximum absolute atomic E-state index is 5.24. The molecule has 0 saturated carbocycles. The molecule has 0 aromatic carbocycles. The van der Waals surface area contributed by atoms with E-state index in [2.05, 4.69) is 17.2 Å². The van der Waals surface area contributed by atoms with E-state index in [9.17, 15) is 0 Å². The summed E-state index contributed by atoms with van der Waals surface area (Å²) in [5.74, 6) is 0. The molecule has 0 saturated heterocycles. The fraction of sp³-hybridized carbons (Fsp3) is 0.545. The Bertz CT molecular complexity index is 238. The van der Waals surface area contributed by atoms with Gasteiger partial charge in [-0.25, -0.2) is 0 Å². The van der Waals surface area contributed by atoms with Gasteiger partial charge >= 0.3 is 0 Å². The van der Waals surface area contributed by atoms with E-state index in [0.717, 1.165) is 19.8 Å². The van der Waals surface area contributed by atoms with Gasteiger partial charge in [-0.15, -0.1) is 0 Å². The van der Waals surface area contributed by atoms with Crippen LogP contribution in [0.15, 0.2) is 24.5 Å². The summed E-state index contributed by atoms with van der Waals surface area (Å²) in [7, 11) is 0. The van der Waals surface area contributed by atoms with Crippen LogP contribution in [-0.2, 0) is 4.74 Å². The lowest BCUT2D eigenvalue weighted by Crippen LogP contribution is -2.23. The molecule has 1 atom stereocenters. The van der Waals surface area contributed by atoms with Gasteiger partial charge in [0.1, 0.15) is 0 Å². The first-order valence-corrected chi connectivity index (χ1v) is 5.05. The van der Waals surface area contributed by atoms with E-state index in [0.29, 0.717) is 6.04 Å². The molecular weight excluding hydrogens is 176 g/mol. The molecule has 14 heavy (non-hydrogen) atoms. The predicted molar refractivity (Wildman–Crippen MR) is 57.1 cm³/mol. The molecule has 0 bridgehead atoms. The fourth-order valence-electron chi connectivity index (χ4n) is 1.26. The SMILES string of the molecule is CCOCCN[C@@H](C)c1ccncc1. The zero-order valence-corrected chi connectivity index (χ0v) is 8.86. The normalized spacial score (nSPS) is 12.7. The number of nitrogens with one attached hydrogen (secondary N) is 1. The summed E-state index contributed by atoms with van der Waals surface area (Å²) in [6.45, 7) is 6.59. The van der Waals surface area contributed by atoms with E-state index < -0.39 is 0 Å². The highest BCUT2D eigenvalue weighted by molar-refractivity contribution is 5.13. The smallest absolute Gasteiger partial charge is 0.0590 e. The molecule has 0 fully saturated rings. The molecule has 1 aromatic heterocycles. The molecule has 0 spiro atoms. The number of aromatic nitrogens is 1. The third-order valence-electron chi connectivity index (χ3n) is 2.11. The molecule has 3 heteroatoms. The van der Waals surface area contributed by atoms with Gasteiger partial charge in [0.15, 0.2) is 0 Å². The minimum Gasteiger partial charge on any atom is -0.380 e. The monoisotopic (exact) mass is 194 g/mol. The minimum atomic E-state index is 0.360. The van der Waals surface area contributed by atoms with Crippen molar-refractivity contribution < 1.29 is 4.74 Å². The quantitative estimate of drug-likeness (QED) is 0.701. The van der Waals surface area contributed by atoms with Crippen molar-refractivity contribution in [3.05, 3.63) is 30.1 Å². The molecule has 1 N–H and O–H groups in total. The van der Waals surface area contributed by atoms with Crippen LogP contribution in [-0.4, -0.2) is 24.7 Å². The van der Waals surface area contributed by atoms with Crippen LogP contribution in [0.4, 0.5) is 0 Å². The van der Waals surface area contributed by atoms with Gasteiger partial charge in [-0.2, -0.15) is 0 Å². The molecule has 0 aliphatic heterocycles. The van der Waals surface area contributed by atoms with Gasteiger partial charge < -0.3 is 10.1 Å². The Hall–Kier alpha value is -0.930. The molecule has 0 aliphatic carbocycles. The zero-order chi connectivity index (χ0) is 10.2. The van der Waals surface area contributed by atoms with Crippen LogP contribution in [0, 0.1) is 0 Å². The summed E-state index contributed by atoms with van der Waals surface area (Å²) in [6.07, 6.45) is 3.63. The lowest BCUT2D eigenvalue weighted by Gasteiger charge is -2.13. The van der Waals surface area contributed by atoms with Gasteiger partial charge in [-0.3, -0.25) is 4.98 Å². The second-order valence-corrected chi connectivity index (χ2v) is 3.15. The molecule has 0 aliphatic rings. The first-order chi connectivity index (χ1) is 6.84. The number of hydrogen-bond acceptors (Lipinski definition) is 3. The Labute approximate surface area is 85.5 Å². The zero-order valence-electron chi connectivity index (χ0n) is 8.86. The number of ether oxygens (including phenoxy) is 1. The van der Waals surface area contributed by atoms with Crippen molar-refractivity contribution >= 4 is 0 Å². The fourth-order valence-corrected chi connectivity index (χ4v) is 1.26. The molecule has 1 rings (SSSR count). The van der Waals surface area contributed by atoms with Crippen LogP contribution in [0.1, 0.15) is 25.5 Å². The molecule has 0 unspecified atom stereocenters. The Kier molecular flexibility index (Phi) is 5.19. The summed E-state index contributed by atoms with van der Waals surface area (Å²) >= 11 is 0. The van der Waals surface area contributed by atoms with Crippen molar-refractivity contribution in [2.24, 2.45) is 0 Å². The Morgan fingerprint density at radius 1 is 1.43 bits per heavy atom. The van der Waals surface area contributed by atoms with Gasteiger partial charge in [-0.1, -0.05) is 0 Å². The van der Waals surface area contributed by atoms with Crippen LogP contribution in [0.2, 0.25) is 0 Å². The molecular formula is C11H18N2O. The van der Waals surface area contributed by atoms with Crippen LogP contribution < -0.4 is 5.32 Å². The van der Waals surface area contributed by atoms with E-state index in [1.807, 2.05) is 31.5 Å². The highest BCUT2D eigenvalue weighted by Crippen LogP contribution is 2.09. The van der Waals surface area contributed by atoms with Gasteiger partial charge in [0, 0.05) is 31.6 Å². The van der Waals surface area contributed by atoms with Crippen LogP contribution >= 0.6 is 0 Å². The molecule has 0 radical (unpaired) electrons. The van der Waals surface area contributed by atoms with Gasteiger partial charge in [-0.05, 0) is 31.5 Å². The molecule has 1 heterocycles. The topological polar surface area (TPSA) is 34.1 Å². The van der Waals surface area contributed by atoms with Gasteiger partial charge in [0.2, 0.25) is 0 Å². The molecule has 0 amide bonds. The lowest BCUT2D eigenvalue weighted by molar-refractivity contribution is 0.147. The summed E-state index contributed by atoms with van der Waals surface area (Å²) in [5, 5.41) is 3.38. The highest BCUT2D eigenvalue weighted by atomic mass is 16.5. The maximum atomic E-state index is 5.24. The highest BCUT2D eigenvalue weighted by Gasteiger charge is 2.02. The van der Waals surface area contributed by atoms with Crippen LogP contribution in [0.25, 0.3) is 0 Å². The second kappa shape index (κ2) is 6.51. The molecule has 78 valence electrons. The van der Waals surface area contributed by atoms with E-state index >= 15 is 0 Å². The van der Waals surface area contributed by atoms with Crippen molar-refractivity contribution in [1.29, 1.82) is 0 Å². The van der Waals surface area contributed by atoms with Crippen molar-refractivity contribution in [2.45, 2.75) is 19.9 Å². The number of rotatable bonds is 6. The largest absolute Gasteiger partial charge is 0.380 e.